The zero-order valence-corrected chi connectivity index (χ0v) is 11.9. The second-order valence-electron chi connectivity index (χ2n) is 5.28. The third-order valence-electron chi connectivity index (χ3n) is 3.23. The summed E-state index contributed by atoms with van der Waals surface area (Å²) in [7, 11) is 0. The van der Waals surface area contributed by atoms with E-state index in [0.717, 1.165) is 30.3 Å². The van der Waals surface area contributed by atoms with Crippen LogP contribution in [0.5, 0.6) is 0 Å². The minimum absolute atomic E-state index is 0.232. The fourth-order valence-electron chi connectivity index (χ4n) is 2.39. The molecule has 19 heavy (non-hydrogen) atoms. The molecule has 1 saturated heterocycles. The predicted octanol–water partition coefficient (Wildman–Crippen LogP) is 1.35. The van der Waals surface area contributed by atoms with Crippen molar-refractivity contribution in [2.45, 2.75) is 18.6 Å². The number of imidazole rings is 1. The Morgan fingerprint density at radius 1 is 1.47 bits per heavy atom. The van der Waals surface area contributed by atoms with Crippen molar-refractivity contribution in [1.29, 1.82) is 0 Å². The van der Waals surface area contributed by atoms with E-state index in [0.29, 0.717) is 5.82 Å². The van der Waals surface area contributed by atoms with Crippen LogP contribution in [0.2, 0.25) is 0 Å². The van der Waals surface area contributed by atoms with E-state index in [-0.39, 0.29) is 4.75 Å². The Morgan fingerprint density at radius 2 is 2.32 bits per heavy atom. The highest BCUT2D eigenvalue weighted by Crippen LogP contribution is 2.33. The molecule has 1 fully saturated rings. The van der Waals surface area contributed by atoms with Gasteiger partial charge >= 0.3 is 0 Å². The van der Waals surface area contributed by atoms with Gasteiger partial charge in [-0.1, -0.05) is 0 Å². The van der Waals surface area contributed by atoms with Gasteiger partial charge in [0, 0.05) is 36.0 Å². The molecular formula is C12H18N6S. The molecule has 1 aliphatic rings. The lowest BCUT2D eigenvalue weighted by Gasteiger charge is -2.38. The molecule has 0 bridgehead atoms. The third kappa shape index (κ3) is 2.35. The number of nitrogens with zero attached hydrogens (tertiary/aromatic N) is 4. The van der Waals surface area contributed by atoms with Crippen LogP contribution in [-0.2, 0) is 0 Å². The van der Waals surface area contributed by atoms with E-state index in [2.05, 4.69) is 34.1 Å². The van der Waals surface area contributed by atoms with Gasteiger partial charge in [-0.3, -0.25) is 0 Å². The SMILES string of the molecule is CC1(C)CN(c2nc(NN)cn3ccnc23)CCS1. The summed E-state index contributed by atoms with van der Waals surface area (Å²) in [5.41, 5.74) is 3.49. The predicted molar refractivity (Wildman–Crippen MR) is 79.5 cm³/mol. The molecule has 0 atom stereocenters. The second kappa shape index (κ2) is 4.57. The van der Waals surface area contributed by atoms with Crippen molar-refractivity contribution in [3.63, 3.8) is 0 Å². The van der Waals surface area contributed by atoms with Crippen molar-refractivity contribution >= 4 is 29.0 Å². The van der Waals surface area contributed by atoms with Gasteiger partial charge in [0.1, 0.15) is 0 Å². The number of aromatic nitrogens is 3. The molecule has 3 N–H and O–H groups in total. The number of hydrazine groups is 1. The molecule has 0 radical (unpaired) electrons. The zero-order valence-electron chi connectivity index (χ0n) is 11.1. The molecular weight excluding hydrogens is 260 g/mol. The molecule has 2 aromatic rings. The van der Waals surface area contributed by atoms with Gasteiger partial charge in [0.15, 0.2) is 17.3 Å². The van der Waals surface area contributed by atoms with E-state index in [1.165, 1.54) is 0 Å². The maximum Gasteiger partial charge on any atom is 0.180 e. The molecule has 1 aliphatic heterocycles. The smallest absolute Gasteiger partial charge is 0.180 e. The van der Waals surface area contributed by atoms with Crippen LogP contribution in [0.4, 0.5) is 11.6 Å². The molecule has 2 aromatic heterocycles. The summed E-state index contributed by atoms with van der Waals surface area (Å²) >= 11 is 2.00. The Bertz CT molecular complexity index is 593. The highest BCUT2D eigenvalue weighted by atomic mass is 32.2. The van der Waals surface area contributed by atoms with Gasteiger partial charge in [0.2, 0.25) is 0 Å². The highest BCUT2D eigenvalue weighted by molar-refractivity contribution is 8.00. The van der Waals surface area contributed by atoms with Crippen LogP contribution in [0, 0.1) is 0 Å². The van der Waals surface area contributed by atoms with Crippen LogP contribution in [0.1, 0.15) is 13.8 Å². The van der Waals surface area contributed by atoms with Crippen molar-refractivity contribution in [2.75, 3.05) is 29.2 Å². The fourth-order valence-corrected chi connectivity index (χ4v) is 3.51. The first-order chi connectivity index (χ1) is 9.09. The molecule has 3 heterocycles. The number of thioether (sulfide) groups is 1. The lowest BCUT2D eigenvalue weighted by Crippen LogP contribution is -2.43. The highest BCUT2D eigenvalue weighted by Gasteiger charge is 2.29. The number of hydrogen-bond acceptors (Lipinski definition) is 6. The fraction of sp³-hybridized carbons (Fsp3) is 0.500. The summed E-state index contributed by atoms with van der Waals surface area (Å²) in [5, 5.41) is 0. The second-order valence-corrected chi connectivity index (χ2v) is 7.08. The first-order valence-electron chi connectivity index (χ1n) is 6.28. The minimum atomic E-state index is 0.232. The maximum absolute atomic E-state index is 5.49. The van der Waals surface area contributed by atoms with E-state index in [1.807, 2.05) is 28.6 Å². The molecule has 0 amide bonds. The van der Waals surface area contributed by atoms with Crippen molar-refractivity contribution in [2.24, 2.45) is 5.84 Å². The maximum atomic E-state index is 5.49. The molecule has 3 rings (SSSR count). The molecule has 7 heteroatoms. The number of rotatable bonds is 2. The molecule has 0 spiro atoms. The Hall–Kier alpha value is -1.47. The van der Waals surface area contributed by atoms with Gasteiger partial charge in [-0.2, -0.15) is 11.8 Å². The number of anilines is 2. The molecule has 0 aromatic carbocycles. The van der Waals surface area contributed by atoms with E-state index in [9.17, 15) is 0 Å². The van der Waals surface area contributed by atoms with Gasteiger partial charge in [0.25, 0.3) is 0 Å². The molecule has 0 aliphatic carbocycles. The third-order valence-corrected chi connectivity index (χ3v) is 4.53. The van der Waals surface area contributed by atoms with E-state index in [4.69, 9.17) is 5.84 Å². The monoisotopic (exact) mass is 278 g/mol. The lowest BCUT2D eigenvalue weighted by molar-refractivity contribution is 0.642. The van der Waals surface area contributed by atoms with Crippen LogP contribution in [0.25, 0.3) is 5.65 Å². The summed E-state index contributed by atoms with van der Waals surface area (Å²) in [6, 6.07) is 0. The van der Waals surface area contributed by atoms with E-state index in [1.54, 1.807) is 6.20 Å². The van der Waals surface area contributed by atoms with Gasteiger partial charge in [-0.25, -0.2) is 15.8 Å². The summed E-state index contributed by atoms with van der Waals surface area (Å²) in [4.78, 5) is 11.3. The van der Waals surface area contributed by atoms with Crippen LogP contribution in [-0.4, -0.2) is 38.0 Å². The van der Waals surface area contributed by atoms with Crippen LogP contribution in [0.15, 0.2) is 18.6 Å². The normalized spacial score (nSPS) is 18.8. The van der Waals surface area contributed by atoms with Crippen molar-refractivity contribution in [1.82, 2.24) is 14.4 Å². The Labute approximate surface area is 116 Å². The van der Waals surface area contributed by atoms with E-state index >= 15 is 0 Å². The number of nitrogens with one attached hydrogen (secondary N) is 1. The standard InChI is InChI=1S/C12H18N6S/c1-12(2)8-18(5-6-19-12)11-10-14-3-4-17(10)7-9(15-11)16-13/h3-4,7,16H,5-6,8,13H2,1-2H3. The van der Waals surface area contributed by atoms with Crippen LogP contribution in [0.3, 0.4) is 0 Å². The quantitative estimate of drug-likeness (QED) is 0.638. The first kappa shape index (κ1) is 12.6. The average molecular weight is 278 g/mol. The Kier molecular flexibility index (Phi) is 3.02. The first-order valence-corrected chi connectivity index (χ1v) is 7.27. The number of hydrogen-bond donors (Lipinski definition) is 2. The Balaban J connectivity index is 2.05. The molecule has 6 nitrogen and oxygen atoms in total. The Morgan fingerprint density at radius 3 is 3.05 bits per heavy atom. The summed E-state index contributed by atoms with van der Waals surface area (Å²) in [5.74, 6) is 8.14. The number of nitrogens with two attached hydrogens (primary N) is 1. The summed E-state index contributed by atoms with van der Waals surface area (Å²) in [6.45, 7) is 6.47. The average Bonchev–Trinajstić information content (AvgIpc) is 2.84. The summed E-state index contributed by atoms with van der Waals surface area (Å²) in [6.07, 6.45) is 5.53. The van der Waals surface area contributed by atoms with Gasteiger partial charge in [0.05, 0.1) is 6.20 Å². The van der Waals surface area contributed by atoms with E-state index < -0.39 is 0 Å². The van der Waals surface area contributed by atoms with Gasteiger partial charge in [-0.15, -0.1) is 0 Å². The minimum Gasteiger partial charge on any atom is -0.351 e. The van der Waals surface area contributed by atoms with Gasteiger partial charge in [-0.05, 0) is 13.8 Å². The summed E-state index contributed by atoms with van der Waals surface area (Å²) < 4.78 is 2.18. The topological polar surface area (TPSA) is 71.5 Å². The largest absolute Gasteiger partial charge is 0.351 e. The van der Waals surface area contributed by atoms with Crippen molar-refractivity contribution in [3.8, 4) is 0 Å². The molecule has 0 saturated carbocycles. The lowest BCUT2D eigenvalue weighted by atomic mass is 10.2. The van der Waals surface area contributed by atoms with Crippen molar-refractivity contribution in [3.05, 3.63) is 18.6 Å². The number of nitrogen functional groups attached to an aromatic ring is 1. The zero-order chi connectivity index (χ0) is 13.5. The van der Waals surface area contributed by atoms with Crippen LogP contribution < -0.4 is 16.2 Å². The molecule has 0 unspecified atom stereocenters. The van der Waals surface area contributed by atoms with Gasteiger partial charge < -0.3 is 14.7 Å². The number of fused-ring (bicyclic) bond motifs is 1. The van der Waals surface area contributed by atoms with Crippen molar-refractivity contribution < 1.29 is 0 Å². The van der Waals surface area contributed by atoms with Crippen LogP contribution >= 0.6 is 11.8 Å². The molecule has 102 valence electrons.